The average molecular weight is 350 g/mol. The van der Waals surface area contributed by atoms with Crippen LogP contribution in [0.15, 0.2) is 24.3 Å². The zero-order valence-corrected chi connectivity index (χ0v) is 14.5. The van der Waals surface area contributed by atoms with Crippen molar-refractivity contribution < 1.29 is 4.79 Å². The molecule has 1 amide bonds. The van der Waals surface area contributed by atoms with Crippen LogP contribution >= 0.6 is 0 Å². The average Bonchev–Trinajstić information content (AvgIpc) is 3.27. The van der Waals surface area contributed by atoms with Gasteiger partial charge in [0.15, 0.2) is 0 Å². The molecule has 4 rings (SSSR count). The Morgan fingerprint density at radius 3 is 2.65 bits per heavy atom. The first-order valence-electron chi connectivity index (χ1n) is 9.20. The number of nitrogens with one attached hydrogen (secondary N) is 3. The number of carbonyl (C=O) groups excluding carboxylic acids is 1. The van der Waals surface area contributed by atoms with Gasteiger partial charge in [-0.05, 0) is 43.5 Å². The summed E-state index contributed by atoms with van der Waals surface area (Å²) >= 11 is 0. The monoisotopic (exact) mass is 350 g/mol. The van der Waals surface area contributed by atoms with Gasteiger partial charge >= 0.3 is 0 Å². The van der Waals surface area contributed by atoms with Crippen molar-refractivity contribution in [3.05, 3.63) is 29.8 Å². The first-order chi connectivity index (χ1) is 12.7. The standard InChI is InChI=1S/C19H22N6O/c20-10-12-4-6-14(7-5-12)23-18-17-16(8-9-22-19(17)26)25(24-18)15-3-1-2-13(15)11-21/h4-7,13,15-18,23-24H,1-3,8-9H2,(H,22,26)/t13-,15+,16?,17?,18?/m1/s1. The second-order valence-electron chi connectivity index (χ2n) is 7.25. The fourth-order valence-corrected chi connectivity index (χ4v) is 4.55. The maximum atomic E-state index is 12.6. The highest BCUT2D eigenvalue weighted by atomic mass is 16.2. The third-order valence-electron chi connectivity index (χ3n) is 5.80. The van der Waals surface area contributed by atoms with E-state index in [1.807, 2.05) is 12.1 Å². The van der Waals surface area contributed by atoms with Crippen LogP contribution in [0.3, 0.4) is 0 Å². The van der Waals surface area contributed by atoms with Gasteiger partial charge in [-0.15, -0.1) is 0 Å². The van der Waals surface area contributed by atoms with E-state index in [0.29, 0.717) is 12.1 Å². The lowest BCUT2D eigenvalue weighted by Gasteiger charge is -2.35. The molecule has 134 valence electrons. The fourth-order valence-electron chi connectivity index (χ4n) is 4.55. The van der Waals surface area contributed by atoms with Crippen LogP contribution in [0.4, 0.5) is 5.69 Å². The summed E-state index contributed by atoms with van der Waals surface area (Å²) in [4.78, 5) is 12.6. The lowest BCUT2D eigenvalue weighted by Crippen LogP contribution is -2.52. The molecule has 1 aliphatic carbocycles. The quantitative estimate of drug-likeness (QED) is 0.759. The minimum atomic E-state index is -0.229. The van der Waals surface area contributed by atoms with Gasteiger partial charge in [-0.2, -0.15) is 10.5 Å². The molecule has 3 unspecified atom stereocenters. The van der Waals surface area contributed by atoms with Crippen LogP contribution in [0, 0.1) is 34.5 Å². The summed E-state index contributed by atoms with van der Waals surface area (Å²) < 4.78 is 0. The number of hydrogen-bond acceptors (Lipinski definition) is 6. The van der Waals surface area contributed by atoms with Gasteiger partial charge in [0, 0.05) is 24.3 Å². The highest BCUT2D eigenvalue weighted by Gasteiger charge is 2.51. The van der Waals surface area contributed by atoms with E-state index in [-0.39, 0.29) is 36.0 Å². The molecular formula is C19H22N6O. The Labute approximate surface area is 152 Å². The number of amides is 1. The minimum Gasteiger partial charge on any atom is -0.368 e. The number of nitrogens with zero attached hydrogens (tertiary/aromatic N) is 3. The highest BCUT2D eigenvalue weighted by molar-refractivity contribution is 5.82. The van der Waals surface area contributed by atoms with Gasteiger partial charge in [0.2, 0.25) is 5.91 Å². The molecule has 7 nitrogen and oxygen atoms in total. The molecule has 2 saturated heterocycles. The molecule has 0 spiro atoms. The first-order valence-corrected chi connectivity index (χ1v) is 9.20. The SMILES string of the molecule is N#Cc1ccc(NC2NN([C@H]3CCC[C@@H]3C#N)C3CCNC(=O)C23)cc1. The largest absolute Gasteiger partial charge is 0.368 e. The van der Waals surface area contributed by atoms with Crippen LogP contribution in [-0.4, -0.2) is 35.7 Å². The smallest absolute Gasteiger partial charge is 0.228 e. The van der Waals surface area contributed by atoms with E-state index < -0.39 is 0 Å². The van der Waals surface area contributed by atoms with Crippen LogP contribution in [0.25, 0.3) is 0 Å². The van der Waals surface area contributed by atoms with Gasteiger partial charge in [0.25, 0.3) is 0 Å². The molecule has 0 aromatic heterocycles. The summed E-state index contributed by atoms with van der Waals surface area (Å²) in [5.74, 6) is -0.143. The van der Waals surface area contributed by atoms with Crippen molar-refractivity contribution >= 4 is 11.6 Å². The van der Waals surface area contributed by atoms with Crippen molar-refractivity contribution in [3.8, 4) is 12.1 Å². The maximum absolute atomic E-state index is 12.6. The van der Waals surface area contributed by atoms with Gasteiger partial charge in [0.05, 0.1) is 29.5 Å². The van der Waals surface area contributed by atoms with Crippen LogP contribution in [-0.2, 0) is 4.79 Å². The Balaban J connectivity index is 1.57. The van der Waals surface area contributed by atoms with Crippen molar-refractivity contribution in [2.45, 2.75) is 43.9 Å². The Morgan fingerprint density at radius 2 is 1.92 bits per heavy atom. The second-order valence-corrected chi connectivity index (χ2v) is 7.25. The highest BCUT2D eigenvalue weighted by Crippen LogP contribution is 2.37. The summed E-state index contributed by atoms with van der Waals surface area (Å²) in [6, 6.07) is 12.0. The summed E-state index contributed by atoms with van der Waals surface area (Å²) in [6.45, 7) is 0.672. The number of benzene rings is 1. The summed E-state index contributed by atoms with van der Waals surface area (Å²) in [7, 11) is 0. The van der Waals surface area contributed by atoms with E-state index in [2.05, 4.69) is 33.2 Å². The molecule has 0 radical (unpaired) electrons. The number of piperidine rings is 1. The van der Waals surface area contributed by atoms with E-state index in [0.717, 1.165) is 31.4 Å². The fraction of sp³-hybridized carbons (Fsp3) is 0.526. The molecule has 5 atom stereocenters. The van der Waals surface area contributed by atoms with Gasteiger partial charge in [-0.1, -0.05) is 6.42 Å². The van der Waals surface area contributed by atoms with Gasteiger partial charge in [0.1, 0.15) is 6.17 Å². The predicted molar refractivity (Wildman–Crippen MR) is 95.2 cm³/mol. The summed E-state index contributed by atoms with van der Waals surface area (Å²) in [6.07, 6.45) is 3.62. The van der Waals surface area contributed by atoms with E-state index in [1.165, 1.54) is 0 Å². The van der Waals surface area contributed by atoms with Crippen LogP contribution in [0.2, 0.25) is 0 Å². The number of rotatable bonds is 3. The number of carbonyl (C=O) groups is 1. The number of hydrazine groups is 1. The van der Waals surface area contributed by atoms with Gasteiger partial charge in [-0.25, -0.2) is 10.4 Å². The zero-order valence-electron chi connectivity index (χ0n) is 14.5. The molecule has 3 N–H and O–H groups in total. The second kappa shape index (κ2) is 6.95. The Bertz CT molecular complexity index is 764. The third kappa shape index (κ3) is 2.90. The lowest BCUT2D eigenvalue weighted by atomic mass is 9.90. The zero-order chi connectivity index (χ0) is 18.1. The van der Waals surface area contributed by atoms with Crippen molar-refractivity contribution in [1.29, 1.82) is 10.5 Å². The number of fused-ring (bicyclic) bond motifs is 1. The van der Waals surface area contributed by atoms with Crippen molar-refractivity contribution in [1.82, 2.24) is 15.8 Å². The third-order valence-corrected chi connectivity index (χ3v) is 5.80. The van der Waals surface area contributed by atoms with Crippen molar-refractivity contribution in [3.63, 3.8) is 0 Å². The Kier molecular flexibility index (Phi) is 4.50. The molecule has 26 heavy (non-hydrogen) atoms. The van der Waals surface area contributed by atoms with Crippen LogP contribution in [0.1, 0.15) is 31.2 Å². The minimum absolute atomic E-state index is 0.0156. The van der Waals surface area contributed by atoms with E-state index >= 15 is 0 Å². The molecule has 2 heterocycles. The molecule has 2 aliphatic heterocycles. The van der Waals surface area contributed by atoms with Crippen LogP contribution in [0.5, 0.6) is 0 Å². The van der Waals surface area contributed by atoms with Gasteiger partial charge < -0.3 is 10.6 Å². The normalized spacial score (nSPS) is 33.8. The van der Waals surface area contributed by atoms with Crippen LogP contribution < -0.4 is 16.1 Å². The molecular weight excluding hydrogens is 328 g/mol. The van der Waals surface area contributed by atoms with Gasteiger partial charge in [-0.3, -0.25) is 4.79 Å². The summed E-state index contributed by atoms with van der Waals surface area (Å²) in [5.41, 5.74) is 4.96. The molecule has 1 saturated carbocycles. The van der Waals surface area contributed by atoms with E-state index in [1.54, 1.807) is 12.1 Å². The lowest BCUT2D eigenvalue weighted by molar-refractivity contribution is -0.128. The van der Waals surface area contributed by atoms with E-state index in [9.17, 15) is 10.1 Å². The Hall–Kier alpha value is -2.61. The number of nitriles is 2. The van der Waals surface area contributed by atoms with Crippen molar-refractivity contribution in [2.24, 2.45) is 11.8 Å². The molecule has 0 bridgehead atoms. The summed E-state index contributed by atoms with van der Waals surface area (Å²) in [5, 5.41) is 27.0. The molecule has 3 aliphatic rings. The maximum Gasteiger partial charge on any atom is 0.228 e. The predicted octanol–water partition coefficient (Wildman–Crippen LogP) is 1.31. The first kappa shape index (κ1) is 16.8. The number of hydrogen-bond donors (Lipinski definition) is 3. The molecule has 1 aromatic carbocycles. The molecule has 1 aromatic rings. The number of anilines is 1. The van der Waals surface area contributed by atoms with E-state index in [4.69, 9.17) is 5.26 Å². The topological polar surface area (TPSA) is 104 Å². The molecule has 7 heteroatoms. The van der Waals surface area contributed by atoms with Crippen molar-refractivity contribution in [2.75, 3.05) is 11.9 Å². The molecule has 3 fully saturated rings. The Morgan fingerprint density at radius 1 is 1.12 bits per heavy atom.